The Morgan fingerprint density at radius 1 is 1.53 bits per heavy atom. The van der Waals surface area contributed by atoms with Crippen LogP contribution in [-0.4, -0.2) is 24.2 Å². The molecule has 5 nitrogen and oxygen atoms in total. The highest BCUT2D eigenvalue weighted by Gasteiger charge is 2.04. The molecule has 0 heterocycles. The predicted molar refractivity (Wildman–Crippen MR) is 65.5 cm³/mol. The molecule has 0 saturated carbocycles. The first-order valence-corrected chi connectivity index (χ1v) is 5.55. The van der Waals surface area contributed by atoms with Crippen LogP contribution in [-0.2, 0) is 16.1 Å². The van der Waals surface area contributed by atoms with Gasteiger partial charge in [0.05, 0.1) is 0 Å². The molecule has 1 aromatic rings. The highest BCUT2D eigenvalue weighted by Crippen LogP contribution is 2.19. The second kappa shape index (κ2) is 6.75. The quantitative estimate of drug-likeness (QED) is 0.392. The van der Waals surface area contributed by atoms with Gasteiger partial charge in [0.25, 0.3) is 0 Å². The molecule has 0 aliphatic rings. The molecule has 17 heavy (non-hydrogen) atoms. The molecule has 1 rings (SSSR count). The maximum Gasteiger partial charge on any atom is 0.246 e. The lowest BCUT2D eigenvalue weighted by Gasteiger charge is -2.08. The number of nitrogen functional groups attached to an aromatic ring is 1. The van der Waals surface area contributed by atoms with E-state index in [1.54, 1.807) is 12.1 Å². The third kappa shape index (κ3) is 4.74. The van der Waals surface area contributed by atoms with Crippen LogP contribution in [0.2, 0.25) is 0 Å². The first-order chi connectivity index (χ1) is 8.13. The van der Waals surface area contributed by atoms with Crippen molar-refractivity contribution in [1.29, 1.82) is 0 Å². The van der Waals surface area contributed by atoms with Gasteiger partial charge in [-0.05, 0) is 24.6 Å². The predicted octanol–water partition coefficient (Wildman–Crippen LogP) is 1.02. The van der Waals surface area contributed by atoms with Gasteiger partial charge in [-0.1, -0.05) is 6.92 Å². The molecular weight excluding hydrogens is 220 g/mol. The molecule has 0 aromatic heterocycles. The summed E-state index contributed by atoms with van der Waals surface area (Å²) in [7, 11) is 0. The van der Waals surface area contributed by atoms with Crippen LogP contribution in [0.5, 0.6) is 5.75 Å². The Balaban J connectivity index is 2.39. The molecule has 0 aliphatic carbocycles. The van der Waals surface area contributed by atoms with E-state index in [0.29, 0.717) is 17.9 Å². The van der Waals surface area contributed by atoms with E-state index in [0.717, 1.165) is 6.42 Å². The van der Waals surface area contributed by atoms with Crippen LogP contribution in [0.25, 0.3) is 0 Å². The minimum Gasteiger partial charge on any atom is -0.508 e. The second-order valence-electron chi connectivity index (χ2n) is 3.72. The molecule has 0 unspecified atom stereocenters. The van der Waals surface area contributed by atoms with Crippen molar-refractivity contribution in [2.24, 2.45) is 0 Å². The average Bonchev–Trinajstić information content (AvgIpc) is 2.31. The van der Waals surface area contributed by atoms with Gasteiger partial charge in [0.1, 0.15) is 12.4 Å². The number of ether oxygens (including phenoxy) is 1. The first kappa shape index (κ1) is 13.3. The molecule has 5 heteroatoms. The summed E-state index contributed by atoms with van der Waals surface area (Å²) in [6.45, 7) is 2.82. The maximum atomic E-state index is 11.3. The minimum absolute atomic E-state index is 0.0386. The molecule has 1 amide bonds. The SMILES string of the molecule is CCCOCC(=O)NCc1cc(N)ccc1O. The van der Waals surface area contributed by atoms with E-state index in [9.17, 15) is 9.90 Å². The van der Waals surface area contributed by atoms with Gasteiger partial charge < -0.3 is 20.9 Å². The number of phenols is 1. The van der Waals surface area contributed by atoms with Crippen LogP contribution < -0.4 is 11.1 Å². The standard InChI is InChI=1S/C12H18N2O3/c1-2-5-17-8-12(16)14-7-9-6-10(13)3-4-11(9)15/h3-4,6,15H,2,5,7-8,13H2,1H3,(H,14,16). The Labute approximate surface area is 101 Å². The highest BCUT2D eigenvalue weighted by atomic mass is 16.5. The third-order valence-electron chi connectivity index (χ3n) is 2.16. The van der Waals surface area contributed by atoms with E-state index in [1.807, 2.05) is 6.92 Å². The van der Waals surface area contributed by atoms with Gasteiger partial charge in [-0.3, -0.25) is 4.79 Å². The molecule has 1 aromatic carbocycles. The number of nitrogens with two attached hydrogens (primary N) is 1. The van der Waals surface area contributed by atoms with Crippen LogP contribution >= 0.6 is 0 Å². The lowest BCUT2D eigenvalue weighted by atomic mass is 10.2. The summed E-state index contributed by atoms with van der Waals surface area (Å²) in [5, 5.41) is 12.2. The molecule has 94 valence electrons. The Morgan fingerprint density at radius 3 is 3.00 bits per heavy atom. The van der Waals surface area contributed by atoms with E-state index < -0.39 is 0 Å². The summed E-state index contributed by atoms with van der Waals surface area (Å²) in [5.41, 5.74) is 6.73. The first-order valence-electron chi connectivity index (χ1n) is 5.55. The fourth-order valence-electron chi connectivity index (χ4n) is 1.30. The molecule has 0 bridgehead atoms. The summed E-state index contributed by atoms with van der Waals surface area (Å²) in [5.74, 6) is -0.0887. The number of carbonyl (C=O) groups is 1. The van der Waals surface area contributed by atoms with Crippen molar-refractivity contribution in [3.8, 4) is 5.75 Å². The number of hydrogen-bond acceptors (Lipinski definition) is 4. The normalized spacial score (nSPS) is 10.2. The number of nitrogens with one attached hydrogen (secondary N) is 1. The molecule has 0 radical (unpaired) electrons. The van der Waals surface area contributed by atoms with Crippen molar-refractivity contribution in [2.75, 3.05) is 18.9 Å². The summed E-state index contributed by atoms with van der Waals surface area (Å²) in [6.07, 6.45) is 0.878. The van der Waals surface area contributed by atoms with Gasteiger partial charge in [0.2, 0.25) is 5.91 Å². The molecule has 4 N–H and O–H groups in total. The van der Waals surface area contributed by atoms with Gasteiger partial charge in [0.15, 0.2) is 0 Å². The lowest BCUT2D eigenvalue weighted by Crippen LogP contribution is -2.27. The van der Waals surface area contributed by atoms with Gasteiger partial charge in [-0.25, -0.2) is 0 Å². The maximum absolute atomic E-state index is 11.3. The number of amides is 1. The van der Waals surface area contributed by atoms with Crippen molar-refractivity contribution in [3.05, 3.63) is 23.8 Å². The van der Waals surface area contributed by atoms with E-state index in [2.05, 4.69) is 5.32 Å². The third-order valence-corrected chi connectivity index (χ3v) is 2.16. The van der Waals surface area contributed by atoms with Gasteiger partial charge in [0, 0.05) is 24.4 Å². The highest BCUT2D eigenvalue weighted by molar-refractivity contribution is 5.77. The molecule has 0 fully saturated rings. The Morgan fingerprint density at radius 2 is 2.29 bits per heavy atom. The van der Waals surface area contributed by atoms with Crippen molar-refractivity contribution >= 4 is 11.6 Å². The lowest BCUT2D eigenvalue weighted by molar-refractivity contribution is -0.125. The van der Waals surface area contributed by atoms with Crippen molar-refractivity contribution in [3.63, 3.8) is 0 Å². The number of rotatable bonds is 6. The van der Waals surface area contributed by atoms with E-state index in [1.165, 1.54) is 6.07 Å². The zero-order chi connectivity index (χ0) is 12.7. The topological polar surface area (TPSA) is 84.6 Å². The molecule has 0 spiro atoms. The summed E-state index contributed by atoms with van der Waals surface area (Å²) < 4.78 is 5.09. The molecule has 0 saturated heterocycles. The van der Waals surface area contributed by atoms with Crippen LogP contribution in [0.15, 0.2) is 18.2 Å². The number of hydrogen-bond donors (Lipinski definition) is 3. The van der Waals surface area contributed by atoms with Crippen molar-refractivity contribution in [2.45, 2.75) is 19.9 Å². The molecule has 0 atom stereocenters. The van der Waals surface area contributed by atoms with E-state index in [4.69, 9.17) is 10.5 Å². The van der Waals surface area contributed by atoms with E-state index in [-0.39, 0.29) is 24.8 Å². The Hall–Kier alpha value is -1.75. The molecule has 0 aliphatic heterocycles. The number of carbonyl (C=O) groups excluding carboxylic acids is 1. The number of anilines is 1. The second-order valence-corrected chi connectivity index (χ2v) is 3.72. The Bertz CT molecular complexity index is 380. The summed E-state index contributed by atoms with van der Waals surface area (Å²) >= 11 is 0. The van der Waals surface area contributed by atoms with Crippen LogP contribution in [0.1, 0.15) is 18.9 Å². The van der Waals surface area contributed by atoms with Crippen LogP contribution in [0.4, 0.5) is 5.69 Å². The fourth-order valence-corrected chi connectivity index (χ4v) is 1.30. The fraction of sp³-hybridized carbons (Fsp3) is 0.417. The minimum atomic E-state index is -0.208. The largest absolute Gasteiger partial charge is 0.508 e. The van der Waals surface area contributed by atoms with Crippen molar-refractivity contribution < 1.29 is 14.6 Å². The summed E-state index contributed by atoms with van der Waals surface area (Å²) in [6, 6.07) is 4.73. The number of benzene rings is 1. The summed E-state index contributed by atoms with van der Waals surface area (Å²) in [4.78, 5) is 11.3. The number of aromatic hydroxyl groups is 1. The average molecular weight is 238 g/mol. The van der Waals surface area contributed by atoms with Gasteiger partial charge in [-0.15, -0.1) is 0 Å². The van der Waals surface area contributed by atoms with Gasteiger partial charge >= 0.3 is 0 Å². The Kier molecular flexibility index (Phi) is 5.29. The zero-order valence-electron chi connectivity index (χ0n) is 9.90. The zero-order valence-corrected chi connectivity index (χ0v) is 9.90. The van der Waals surface area contributed by atoms with E-state index >= 15 is 0 Å². The smallest absolute Gasteiger partial charge is 0.246 e. The molecular formula is C12H18N2O3. The van der Waals surface area contributed by atoms with Crippen molar-refractivity contribution in [1.82, 2.24) is 5.32 Å². The van der Waals surface area contributed by atoms with Crippen LogP contribution in [0, 0.1) is 0 Å². The number of phenolic OH excluding ortho intramolecular Hbond substituents is 1. The van der Waals surface area contributed by atoms with Gasteiger partial charge in [-0.2, -0.15) is 0 Å². The monoisotopic (exact) mass is 238 g/mol. The van der Waals surface area contributed by atoms with Crippen LogP contribution in [0.3, 0.4) is 0 Å².